The number of rotatable bonds is 8. The third-order valence-corrected chi connectivity index (χ3v) is 4.05. The molecule has 1 saturated heterocycles. The molecule has 19 heavy (non-hydrogen) atoms. The molecule has 1 aliphatic heterocycles. The summed E-state index contributed by atoms with van der Waals surface area (Å²) >= 11 is 0. The van der Waals surface area contributed by atoms with E-state index in [1.807, 2.05) is 6.92 Å². The SMILES string of the molecule is CCN(CCC(C)(NC)C(=O)OC)CC1CCCO1. The molecule has 0 amide bonds. The first-order valence-corrected chi connectivity index (χ1v) is 7.17. The van der Waals surface area contributed by atoms with E-state index in [4.69, 9.17) is 9.47 Å². The summed E-state index contributed by atoms with van der Waals surface area (Å²) in [5.74, 6) is -0.205. The molecule has 5 heteroatoms. The van der Waals surface area contributed by atoms with Crippen molar-refractivity contribution in [2.24, 2.45) is 0 Å². The minimum Gasteiger partial charge on any atom is -0.468 e. The number of methoxy groups -OCH3 is 1. The summed E-state index contributed by atoms with van der Waals surface area (Å²) in [7, 11) is 3.23. The van der Waals surface area contributed by atoms with Crippen molar-refractivity contribution in [3.05, 3.63) is 0 Å². The Hall–Kier alpha value is -0.650. The molecule has 2 unspecified atom stereocenters. The molecular weight excluding hydrogens is 244 g/mol. The molecule has 0 aliphatic carbocycles. The number of nitrogens with one attached hydrogen (secondary N) is 1. The van der Waals surface area contributed by atoms with Crippen molar-refractivity contribution in [1.82, 2.24) is 10.2 Å². The molecule has 1 aliphatic rings. The fraction of sp³-hybridized carbons (Fsp3) is 0.929. The molecule has 5 nitrogen and oxygen atoms in total. The number of ether oxygens (including phenoxy) is 2. The lowest BCUT2D eigenvalue weighted by Gasteiger charge is -2.30. The van der Waals surface area contributed by atoms with Crippen molar-refractivity contribution in [2.75, 3.05) is 40.4 Å². The van der Waals surface area contributed by atoms with E-state index in [2.05, 4.69) is 17.1 Å². The van der Waals surface area contributed by atoms with Crippen LogP contribution >= 0.6 is 0 Å². The maximum Gasteiger partial charge on any atom is 0.325 e. The van der Waals surface area contributed by atoms with Crippen molar-refractivity contribution in [2.45, 2.75) is 44.8 Å². The van der Waals surface area contributed by atoms with Crippen LogP contribution in [0.1, 0.15) is 33.1 Å². The Labute approximate surface area is 116 Å². The van der Waals surface area contributed by atoms with Crippen LogP contribution in [-0.4, -0.2) is 62.9 Å². The Morgan fingerprint density at radius 2 is 2.32 bits per heavy atom. The van der Waals surface area contributed by atoms with Gasteiger partial charge in [-0.25, -0.2) is 0 Å². The van der Waals surface area contributed by atoms with Gasteiger partial charge in [0.25, 0.3) is 0 Å². The monoisotopic (exact) mass is 272 g/mol. The van der Waals surface area contributed by atoms with Crippen LogP contribution < -0.4 is 5.32 Å². The molecule has 1 N–H and O–H groups in total. The van der Waals surface area contributed by atoms with Crippen molar-refractivity contribution in [3.8, 4) is 0 Å². The highest BCUT2D eigenvalue weighted by Crippen LogP contribution is 2.16. The summed E-state index contributed by atoms with van der Waals surface area (Å²) in [6.07, 6.45) is 3.41. The molecule has 0 aromatic carbocycles. The van der Waals surface area contributed by atoms with Crippen molar-refractivity contribution in [3.63, 3.8) is 0 Å². The van der Waals surface area contributed by atoms with Gasteiger partial charge in [-0.1, -0.05) is 6.92 Å². The molecule has 1 fully saturated rings. The van der Waals surface area contributed by atoms with Gasteiger partial charge >= 0.3 is 5.97 Å². The van der Waals surface area contributed by atoms with Gasteiger partial charge in [0.05, 0.1) is 13.2 Å². The minimum atomic E-state index is -0.612. The second-order valence-corrected chi connectivity index (χ2v) is 5.35. The first-order valence-electron chi connectivity index (χ1n) is 7.17. The zero-order valence-corrected chi connectivity index (χ0v) is 12.7. The van der Waals surface area contributed by atoms with E-state index in [1.54, 1.807) is 7.05 Å². The van der Waals surface area contributed by atoms with Crippen molar-refractivity contribution < 1.29 is 14.3 Å². The average Bonchev–Trinajstić information content (AvgIpc) is 2.94. The molecular formula is C14H28N2O3. The van der Waals surface area contributed by atoms with E-state index in [9.17, 15) is 4.79 Å². The number of hydrogen-bond donors (Lipinski definition) is 1. The summed E-state index contributed by atoms with van der Waals surface area (Å²) in [6, 6.07) is 0. The van der Waals surface area contributed by atoms with Gasteiger partial charge in [-0.05, 0) is 39.8 Å². The molecule has 0 spiro atoms. The molecule has 2 atom stereocenters. The summed E-state index contributed by atoms with van der Waals surface area (Å²) in [5.41, 5.74) is -0.612. The molecule has 112 valence electrons. The topological polar surface area (TPSA) is 50.8 Å². The second-order valence-electron chi connectivity index (χ2n) is 5.35. The standard InChI is InChI=1S/C14H28N2O3/c1-5-16(11-12-7-6-10-19-12)9-8-14(2,15-3)13(17)18-4/h12,15H,5-11H2,1-4H3. The van der Waals surface area contributed by atoms with Gasteiger partial charge in [0.15, 0.2) is 0 Å². The number of esters is 1. The van der Waals surface area contributed by atoms with Gasteiger partial charge in [-0.3, -0.25) is 4.79 Å². The minimum absolute atomic E-state index is 0.205. The van der Waals surface area contributed by atoms with E-state index in [1.165, 1.54) is 13.5 Å². The third kappa shape index (κ3) is 4.75. The second kappa shape index (κ2) is 7.82. The Morgan fingerprint density at radius 1 is 1.58 bits per heavy atom. The molecule has 0 saturated carbocycles. The maximum atomic E-state index is 11.8. The third-order valence-electron chi connectivity index (χ3n) is 4.05. The van der Waals surface area contributed by atoms with Crippen LogP contribution in [0.2, 0.25) is 0 Å². The van der Waals surface area contributed by atoms with E-state index in [-0.39, 0.29) is 5.97 Å². The molecule has 0 aromatic rings. The summed E-state index contributed by atoms with van der Waals surface area (Å²) in [4.78, 5) is 14.1. The van der Waals surface area contributed by atoms with Crippen LogP contribution in [0.5, 0.6) is 0 Å². The fourth-order valence-corrected chi connectivity index (χ4v) is 2.39. The number of nitrogens with zero attached hydrogens (tertiary/aromatic N) is 1. The largest absolute Gasteiger partial charge is 0.468 e. The predicted octanol–water partition coefficient (Wildman–Crippen LogP) is 1.03. The number of carbonyl (C=O) groups excluding carboxylic acids is 1. The van der Waals surface area contributed by atoms with Crippen LogP contribution in [0.15, 0.2) is 0 Å². The average molecular weight is 272 g/mol. The van der Waals surface area contributed by atoms with Gasteiger partial charge < -0.3 is 19.7 Å². The number of carbonyl (C=O) groups is 1. The van der Waals surface area contributed by atoms with Gasteiger partial charge in [0.2, 0.25) is 0 Å². The highest BCUT2D eigenvalue weighted by molar-refractivity contribution is 5.80. The predicted molar refractivity (Wildman–Crippen MR) is 75.2 cm³/mol. The van der Waals surface area contributed by atoms with E-state index in [0.29, 0.717) is 6.10 Å². The Kier molecular flexibility index (Phi) is 6.75. The fourth-order valence-electron chi connectivity index (χ4n) is 2.39. The summed E-state index contributed by atoms with van der Waals surface area (Å²) in [5, 5.41) is 3.07. The van der Waals surface area contributed by atoms with Gasteiger partial charge in [0, 0.05) is 19.7 Å². The zero-order chi connectivity index (χ0) is 14.3. The van der Waals surface area contributed by atoms with Crippen LogP contribution in [0.3, 0.4) is 0 Å². The lowest BCUT2D eigenvalue weighted by atomic mass is 9.98. The van der Waals surface area contributed by atoms with Gasteiger partial charge in [-0.15, -0.1) is 0 Å². The lowest BCUT2D eigenvalue weighted by Crippen LogP contribution is -2.50. The van der Waals surface area contributed by atoms with E-state index in [0.717, 1.165) is 39.1 Å². The summed E-state index contributed by atoms with van der Waals surface area (Å²) in [6.45, 7) is 7.71. The highest BCUT2D eigenvalue weighted by Gasteiger charge is 2.32. The number of hydrogen-bond acceptors (Lipinski definition) is 5. The zero-order valence-electron chi connectivity index (χ0n) is 12.7. The maximum absolute atomic E-state index is 11.8. The Morgan fingerprint density at radius 3 is 2.79 bits per heavy atom. The van der Waals surface area contributed by atoms with Crippen LogP contribution in [0.4, 0.5) is 0 Å². The van der Waals surface area contributed by atoms with Crippen LogP contribution in [-0.2, 0) is 14.3 Å². The normalized spacial score (nSPS) is 22.5. The highest BCUT2D eigenvalue weighted by atomic mass is 16.5. The van der Waals surface area contributed by atoms with E-state index < -0.39 is 5.54 Å². The van der Waals surface area contributed by atoms with E-state index >= 15 is 0 Å². The lowest BCUT2D eigenvalue weighted by molar-refractivity contribution is -0.148. The molecule has 0 bridgehead atoms. The Bertz CT molecular complexity index is 280. The first kappa shape index (κ1) is 16.4. The van der Waals surface area contributed by atoms with Gasteiger partial charge in [-0.2, -0.15) is 0 Å². The van der Waals surface area contributed by atoms with Crippen molar-refractivity contribution >= 4 is 5.97 Å². The summed E-state index contributed by atoms with van der Waals surface area (Å²) < 4.78 is 10.5. The molecule has 1 rings (SSSR count). The van der Waals surface area contributed by atoms with Crippen LogP contribution in [0, 0.1) is 0 Å². The first-order chi connectivity index (χ1) is 9.05. The Balaban J connectivity index is 2.44. The smallest absolute Gasteiger partial charge is 0.325 e. The van der Waals surface area contributed by atoms with Gasteiger partial charge in [0.1, 0.15) is 5.54 Å². The molecule has 0 aromatic heterocycles. The molecule has 1 heterocycles. The quantitative estimate of drug-likeness (QED) is 0.669. The van der Waals surface area contributed by atoms with Crippen molar-refractivity contribution in [1.29, 1.82) is 0 Å². The molecule has 0 radical (unpaired) electrons. The van der Waals surface area contributed by atoms with Crippen LogP contribution in [0.25, 0.3) is 0 Å². The number of likely N-dealkylation sites (N-methyl/N-ethyl adjacent to an activating group) is 2.